The molecule has 186 valence electrons. The molecule has 1 heterocycles. The number of benzene rings is 1. The third-order valence-electron chi connectivity index (χ3n) is 6.80. The molecule has 33 heavy (non-hydrogen) atoms. The fourth-order valence-electron chi connectivity index (χ4n) is 4.48. The number of nitrogens with zero attached hydrogens (tertiary/aromatic N) is 1. The van der Waals surface area contributed by atoms with Gasteiger partial charge < -0.3 is 24.4 Å². The van der Waals surface area contributed by atoms with Crippen LogP contribution in [0.25, 0.3) is 0 Å². The average molecular weight is 501 g/mol. The van der Waals surface area contributed by atoms with Crippen LogP contribution in [-0.2, 0) is 16.2 Å². The van der Waals surface area contributed by atoms with Crippen LogP contribution in [0.1, 0.15) is 76.0 Å². The molecule has 1 amide bonds. The van der Waals surface area contributed by atoms with Gasteiger partial charge in [0.15, 0.2) is 6.10 Å². The van der Waals surface area contributed by atoms with E-state index in [2.05, 4.69) is 4.72 Å². The molecule has 0 spiro atoms. The molecule has 2 unspecified atom stereocenters. The molecule has 1 saturated carbocycles. The van der Waals surface area contributed by atoms with Gasteiger partial charge in [-0.15, -0.1) is 4.72 Å². The van der Waals surface area contributed by atoms with Gasteiger partial charge >= 0.3 is 0 Å². The Labute approximate surface area is 205 Å². The van der Waals surface area contributed by atoms with Crippen LogP contribution in [0.4, 0.5) is 0 Å². The summed E-state index contributed by atoms with van der Waals surface area (Å²) in [6.45, 7) is 6.10. The van der Waals surface area contributed by atoms with Crippen LogP contribution < -0.4 is 9.46 Å². The highest BCUT2D eigenvalue weighted by Gasteiger charge is 2.38. The van der Waals surface area contributed by atoms with Gasteiger partial charge in [0, 0.05) is 35.0 Å². The predicted molar refractivity (Wildman–Crippen MR) is 131 cm³/mol. The van der Waals surface area contributed by atoms with Crippen LogP contribution in [0.2, 0.25) is 5.02 Å². The number of aliphatic hydroxyl groups is 2. The van der Waals surface area contributed by atoms with E-state index in [1.54, 1.807) is 12.0 Å². The summed E-state index contributed by atoms with van der Waals surface area (Å²) in [7, 11) is 1.65. The second-order valence-electron chi connectivity index (χ2n) is 10.1. The molecule has 3 N–H and O–H groups in total. The molecule has 2 aliphatic rings. The van der Waals surface area contributed by atoms with E-state index in [4.69, 9.17) is 21.4 Å². The number of likely N-dealkylation sites (tertiary alicyclic amines) is 1. The lowest BCUT2D eigenvalue weighted by Gasteiger charge is -2.38. The number of carbonyl (C=O) groups excluding carboxylic acids is 1. The normalized spacial score (nSPS) is 20.8. The maximum absolute atomic E-state index is 13.1. The largest absolute Gasteiger partial charge is 0.598 e. The molecular weight excluding hydrogens is 464 g/mol. The molecule has 3 rings (SSSR count). The minimum Gasteiger partial charge on any atom is -0.598 e. The SMILES string of the molecule is COc1cc(C2CCC2)c(Cl)cc1C(N[S@@+]([O-])C(C)(C)C)C1CCN(C(=O)C(O)CO)CC1. The molecule has 1 aromatic rings. The molecule has 0 aromatic heterocycles. The first-order valence-electron chi connectivity index (χ1n) is 11.7. The summed E-state index contributed by atoms with van der Waals surface area (Å²) in [5.74, 6) is 0.831. The van der Waals surface area contributed by atoms with Crippen molar-refractivity contribution in [3.05, 3.63) is 28.3 Å². The number of piperidine rings is 1. The van der Waals surface area contributed by atoms with Crippen molar-refractivity contribution in [2.24, 2.45) is 5.92 Å². The van der Waals surface area contributed by atoms with Crippen molar-refractivity contribution in [1.82, 2.24) is 9.62 Å². The van der Waals surface area contributed by atoms with Crippen molar-refractivity contribution in [2.75, 3.05) is 26.8 Å². The van der Waals surface area contributed by atoms with Crippen LogP contribution in [0.3, 0.4) is 0 Å². The van der Waals surface area contributed by atoms with Crippen molar-refractivity contribution < 1.29 is 24.3 Å². The van der Waals surface area contributed by atoms with Gasteiger partial charge in [0.05, 0.1) is 19.8 Å². The van der Waals surface area contributed by atoms with Gasteiger partial charge in [-0.05, 0) is 76.0 Å². The summed E-state index contributed by atoms with van der Waals surface area (Å²) in [5.41, 5.74) is 1.99. The molecule has 0 bridgehead atoms. The van der Waals surface area contributed by atoms with E-state index in [0.29, 0.717) is 36.9 Å². The number of aliphatic hydroxyl groups excluding tert-OH is 2. The van der Waals surface area contributed by atoms with Crippen molar-refractivity contribution in [3.63, 3.8) is 0 Å². The number of hydrogen-bond donors (Lipinski definition) is 3. The highest BCUT2D eigenvalue weighted by molar-refractivity contribution is 7.90. The van der Waals surface area contributed by atoms with E-state index < -0.39 is 34.7 Å². The Kier molecular flexibility index (Phi) is 8.97. The molecule has 1 saturated heterocycles. The Morgan fingerprint density at radius 1 is 1.30 bits per heavy atom. The fraction of sp³-hybridized carbons (Fsp3) is 0.708. The number of amides is 1. The van der Waals surface area contributed by atoms with Crippen molar-refractivity contribution >= 4 is 28.9 Å². The number of ether oxygens (including phenoxy) is 1. The van der Waals surface area contributed by atoms with Gasteiger partial charge in [0.1, 0.15) is 10.5 Å². The van der Waals surface area contributed by atoms with E-state index in [1.165, 1.54) is 6.42 Å². The van der Waals surface area contributed by atoms with Gasteiger partial charge in [0.2, 0.25) is 0 Å². The fourth-order valence-corrected chi connectivity index (χ4v) is 5.71. The molecular formula is C24H37ClN2O5S. The Morgan fingerprint density at radius 3 is 2.42 bits per heavy atom. The lowest BCUT2D eigenvalue weighted by Crippen LogP contribution is -2.48. The maximum Gasteiger partial charge on any atom is 0.253 e. The smallest absolute Gasteiger partial charge is 0.253 e. The van der Waals surface area contributed by atoms with Crippen LogP contribution in [-0.4, -0.2) is 63.2 Å². The topological polar surface area (TPSA) is 105 Å². The first kappa shape index (κ1) is 26.6. The van der Waals surface area contributed by atoms with Gasteiger partial charge in [-0.3, -0.25) is 4.79 Å². The highest BCUT2D eigenvalue weighted by Crippen LogP contribution is 2.45. The number of hydrogen-bond acceptors (Lipinski definition) is 6. The van der Waals surface area contributed by atoms with E-state index in [0.717, 1.165) is 29.7 Å². The van der Waals surface area contributed by atoms with Gasteiger partial charge in [0.25, 0.3) is 5.91 Å². The number of carbonyl (C=O) groups is 1. The van der Waals surface area contributed by atoms with Gasteiger partial charge in [-0.1, -0.05) is 18.0 Å². The van der Waals surface area contributed by atoms with E-state index >= 15 is 0 Å². The third-order valence-corrected chi connectivity index (χ3v) is 8.71. The molecule has 1 aromatic carbocycles. The summed E-state index contributed by atoms with van der Waals surface area (Å²) < 4.78 is 21.8. The summed E-state index contributed by atoms with van der Waals surface area (Å²) in [6, 6.07) is 3.72. The van der Waals surface area contributed by atoms with Crippen molar-refractivity contribution in [3.8, 4) is 5.75 Å². The van der Waals surface area contributed by atoms with Crippen LogP contribution in [0, 0.1) is 5.92 Å². The number of halogens is 1. The highest BCUT2D eigenvalue weighted by atomic mass is 35.5. The van der Waals surface area contributed by atoms with Gasteiger partial charge in [-0.25, -0.2) is 0 Å². The van der Waals surface area contributed by atoms with Crippen LogP contribution >= 0.6 is 11.6 Å². The van der Waals surface area contributed by atoms with Crippen LogP contribution in [0.15, 0.2) is 12.1 Å². The molecule has 0 radical (unpaired) electrons. The number of nitrogens with one attached hydrogen (secondary N) is 1. The number of rotatable bonds is 8. The molecule has 3 atom stereocenters. The molecule has 2 fully saturated rings. The Bertz CT molecular complexity index is 822. The second kappa shape index (κ2) is 11.1. The lowest BCUT2D eigenvalue weighted by molar-refractivity contribution is -0.143. The Balaban J connectivity index is 1.88. The first-order chi connectivity index (χ1) is 15.6. The lowest BCUT2D eigenvalue weighted by atomic mass is 9.78. The second-order valence-corrected chi connectivity index (χ2v) is 12.5. The Morgan fingerprint density at radius 2 is 1.94 bits per heavy atom. The minimum atomic E-state index is -1.39. The summed E-state index contributed by atoms with van der Waals surface area (Å²) in [5, 5.41) is 19.5. The van der Waals surface area contributed by atoms with E-state index in [-0.39, 0.29) is 12.0 Å². The zero-order valence-corrected chi connectivity index (χ0v) is 21.5. The van der Waals surface area contributed by atoms with Crippen LogP contribution in [0.5, 0.6) is 5.75 Å². The first-order valence-corrected chi connectivity index (χ1v) is 13.2. The molecule has 9 heteroatoms. The zero-order chi connectivity index (χ0) is 24.3. The maximum atomic E-state index is 13.1. The van der Waals surface area contributed by atoms with Crippen molar-refractivity contribution in [1.29, 1.82) is 0 Å². The summed E-state index contributed by atoms with van der Waals surface area (Å²) in [6.07, 6.45) is 3.40. The van der Waals surface area contributed by atoms with Crippen molar-refractivity contribution in [2.45, 2.75) is 75.7 Å². The number of methoxy groups -OCH3 is 1. The average Bonchev–Trinajstić information content (AvgIpc) is 2.75. The molecule has 1 aliphatic heterocycles. The quantitative estimate of drug-likeness (QED) is 0.473. The monoisotopic (exact) mass is 500 g/mol. The summed E-state index contributed by atoms with van der Waals surface area (Å²) in [4.78, 5) is 13.9. The third kappa shape index (κ3) is 6.16. The predicted octanol–water partition coefficient (Wildman–Crippen LogP) is 3.30. The van der Waals surface area contributed by atoms with Gasteiger partial charge in [-0.2, -0.15) is 0 Å². The van der Waals surface area contributed by atoms with E-state index in [9.17, 15) is 14.5 Å². The molecule has 1 aliphatic carbocycles. The standard InChI is InChI=1S/C24H37ClN2O5S/c1-24(2,3)33(31)26-22(16-8-10-27(11-9-16)23(30)20(29)14-28)18-12-19(25)17(13-21(18)32-4)15-6-5-7-15/h12-13,15-16,20,22,26,28-29H,5-11,14H2,1-4H3/t20?,22?,33-/m0/s1. The van der Waals surface area contributed by atoms with E-state index in [1.807, 2.05) is 32.9 Å². The summed E-state index contributed by atoms with van der Waals surface area (Å²) >= 11 is 5.41. The zero-order valence-electron chi connectivity index (χ0n) is 20.0. The minimum absolute atomic E-state index is 0.0890. The Hall–Kier alpha value is -1.03. The molecule has 7 nitrogen and oxygen atoms in total.